The first-order valence-corrected chi connectivity index (χ1v) is 7.43. The van der Waals surface area contributed by atoms with Gasteiger partial charge >= 0.3 is 0 Å². The van der Waals surface area contributed by atoms with Crippen molar-refractivity contribution in [1.82, 2.24) is 0 Å². The fourth-order valence-electron chi connectivity index (χ4n) is 2.30. The van der Waals surface area contributed by atoms with Crippen molar-refractivity contribution in [3.63, 3.8) is 0 Å². The van der Waals surface area contributed by atoms with Gasteiger partial charge in [0.1, 0.15) is 0 Å². The van der Waals surface area contributed by atoms with E-state index in [2.05, 4.69) is 27.4 Å². The van der Waals surface area contributed by atoms with Crippen molar-refractivity contribution in [3.05, 3.63) is 12.2 Å². The normalized spacial score (nSPS) is 12.7. The quantitative estimate of drug-likeness (QED) is 0.293. The van der Waals surface area contributed by atoms with Gasteiger partial charge in [-0.05, 0) is 25.2 Å². The highest BCUT2D eigenvalue weighted by Gasteiger charge is 2.10. The molecule has 0 radical (unpaired) electrons. The third-order valence-electron chi connectivity index (χ3n) is 3.59. The van der Waals surface area contributed by atoms with Crippen LogP contribution in [0.25, 0.3) is 0 Å². The third kappa shape index (κ3) is 7.96. The van der Waals surface area contributed by atoms with E-state index in [9.17, 15) is 0 Å². The fourth-order valence-corrected chi connectivity index (χ4v) is 2.30. The largest absolute Gasteiger partial charge is 0.0996 e. The average Bonchev–Trinajstić information content (AvgIpc) is 2.31. The minimum absolute atomic E-state index is 0.813. The predicted octanol–water partition coefficient (Wildman–Crippen LogP) is 6.12. The van der Waals surface area contributed by atoms with Crippen molar-refractivity contribution >= 4 is 0 Å². The lowest BCUT2D eigenvalue weighted by molar-refractivity contribution is 0.452. The van der Waals surface area contributed by atoms with Gasteiger partial charge in [-0.2, -0.15) is 0 Å². The van der Waals surface area contributed by atoms with Gasteiger partial charge in [0.05, 0.1) is 0 Å². The van der Waals surface area contributed by atoms with Gasteiger partial charge in [0, 0.05) is 0 Å². The summed E-state index contributed by atoms with van der Waals surface area (Å²) in [5.41, 5.74) is 1.49. The van der Waals surface area contributed by atoms with E-state index in [1.165, 1.54) is 69.8 Å². The summed E-state index contributed by atoms with van der Waals surface area (Å²) in [7, 11) is 0. The van der Waals surface area contributed by atoms with E-state index in [-0.39, 0.29) is 0 Å². The highest BCUT2D eigenvalue weighted by atomic mass is 14.2. The molecule has 0 saturated heterocycles. The van der Waals surface area contributed by atoms with Crippen LogP contribution in [-0.2, 0) is 0 Å². The monoisotopic (exact) mass is 224 g/mol. The summed E-state index contributed by atoms with van der Waals surface area (Å²) in [4.78, 5) is 0. The molecule has 0 amide bonds. The first kappa shape index (κ1) is 15.7. The second-order valence-electron chi connectivity index (χ2n) is 5.05. The Morgan fingerprint density at radius 3 is 1.81 bits per heavy atom. The smallest absolute Gasteiger partial charge is 0.0206 e. The molecule has 0 aromatic rings. The number of unbranched alkanes of at least 4 members (excludes halogenated alkanes) is 5. The maximum atomic E-state index is 4.25. The first-order chi connectivity index (χ1) is 7.76. The van der Waals surface area contributed by atoms with Crippen molar-refractivity contribution in [3.8, 4) is 0 Å². The van der Waals surface area contributed by atoms with E-state index in [0.29, 0.717) is 0 Å². The zero-order valence-corrected chi connectivity index (χ0v) is 11.9. The molecule has 0 N–H and O–H groups in total. The van der Waals surface area contributed by atoms with Gasteiger partial charge < -0.3 is 0 Å². The molecule has 96 valence electrons. The molecule has 0 spiro atoms. The molecule has 0 nitrogen and oxygen atoms in total. The minimum atomic E-state index is 0.813. The lowest BCUT2D eigenvalue weighted by atomic mass is 9.88. The molecule has 0 aromatic heterocycles. The molecule has 0 heteroatoms. The Bertz CT molecular complexity index is 157. The summed E-state index contributed by atoms with van der Waals surface area (Å²) in [6.45, 7) is 11.1. The van der Waals surface area contributed by atoms with Crippen LogP contribution in [0.2, 0.25) is 0 Å². The molecule has 0 aromatic carbocycles. The van der Waals surface area contributed by atoms with Crippen LogP contribution in [0.5, 0.6) is 0 Å². The summed E-state index contributed by atoms with van der Waals surface area (Å²) in [6, 6.07) is 0. The van der Waals surface area contributed by atoms with Crippen LogP contribution in [0.4, 0.5) is 0 Å². The molecule has 0 bridgehead atoms. The average molecular weight is 224 g/mol. The highest BCUT2D eigenvalue weighted by Crippen LogP contribution is 2.25. The molecule has 0 saturated carbocycles. The molecule has 1 unspecified atom stereocenters. The Morgan fingerprint density at radius 2 is 1.31 bits per heavy atom. The van der Waals surface area contributed by atoms with Crippen LogP contribution in [-0.4, -0.2) is 0 Å². The number of hydrogen-bond donors (Lipinski definition) is 0. The summed E-state index contributed by atoms with van der Waals surface area (Å²) in [6.07, 6.45) is 13.6. The van der Waals surface area contributed by atoms with Gasteiger partial charge in [-0.1, -0.05) is 77.9 Å². The molecule has 16 heavy (non-hydrogen) atoms. The number of allylic oxidation sites excluding steroid dienone is 1. The molecule has 1 atom stereocenters. The minimum Gasteiger partial charge on any atom is -0.0996 e. The Labute approximate surface area is 104 Å². The van der Waals surface area contributed by atoms with Crippen LogP contribution < -0.4 is 0 Å². The Kier molecular flexibility index (Phi) is 11.0. The maximum absolute atomic E-state index is 4.25. The standard InChI is InChI=1S/C16H32/c1-5-8-10-12-14-16(15(4)7-3)13-11-9-6-2/h16H,4-14H2,1-3H3. The van der Waals surface area contributed by atoms with Crippen molar-refractivity contribution < 1.29 is 0 Å². The summed E-state index contributed by atoms with van der Waals surface area (Å²) < 4.78 is 0. The van der Waals surface area contributed by atoms with Gasteiger partial charge in [-0.3, -0.25) is 0 Å². The molecular weight excluding hydrogens is 192 g/mol. The summed E-state index contributed by atoms with van der Waals surface area (Å²) in [5, 5.41) is 0. The van der Waals surface area contributed by atoms with Gasteiger partial charge in [0.15, 0.2) is 0 Å². The van der Waals surface area contributed by atoms with Gasteiger partial charge in [-0.25, -0.2) is 0 Å². The molecule has 0 aliphatic carbocycles. The zero-order chi connectivity index (χ0) is 12.2. The van der Waals surface area contributed by atoms with Gasteiger partial charge in [0.2, 0.25) is 0 Å². The Morgan fingerprint density at radius 1 is 0.812 bits per heavy atom. The highest BCUT2D eigenvalue weighted by molar-refractivity contribution is 4.99. The van der Waals surface area contributed by atoms with Crippen molar-refractivity contribution in [1.29, 1.82) is 0 Å². The molecule has 0 aliphatic rings. The van der Waals surface area contributed by atoms with Gasteiger partial charge in [-0.15, -0.1) is 0 Å². The SMILES string of the molecule is C=C(CC)C(CCCCC)CCCCCC. The van der Waals surface area contributed by atoms with Crippen LogP contribution >= 0.6 is 0 Å². The Balaban J connectivity index is 3.77. The number of hydrogen-bond acceptors (Lipinski definition) is 0. The van der Waals surface area contributed by atoms with E-state index in [1.54, 1.807) is 0 Å². The molecule has 0 fully saturated rings. The lowest BCUT2D eigenvalue weighted by Gasteiger charge is -2.18. The number of rotatable bonds is 11. The first-order valence-electron chi connectivity index (χ1n) is 7.43. The molecular formula is C16H32. The van der Waals surface area contributed by atoms with Crippen molar-refractivity contribution in [2.75, 3.05) is 0 Å². The molecule has 0 rings (SSSR count). The second-order valence-corrected chi connectivity index (χ2v) is 5.05. The van der Waals surface area contributed by atoms with E-state index in [4.69, 9.17) is 0 Å². The van der Waals surface area contributed by atoms with Crippen molar-refractivity contribution in [2.45, 2.75) is 85.0 Å². The van der Waals surface area contributed by atoms with Crippen LogP contribution in [0.15, 0.2) is 12.2 Å². The molecule has 0 aliphatic heterocycles. The van der Waals surface area contributed by atoms with Crippen LogP contribution in [0.3, 0.4) is 0 Å². The lowest BCUT2D eigenvalue weighted by Crippen LogP contribution is -2.03. The fraction of sp³-hybridized carbons (Fsp3) is 0.875. The molecule has 0 heterocycles. The van der Waals surface area contributed by atoms with Gasteiger partial charge in [0.25, 0.3) is 0 Å². The summed E-state index contributed by atoms with van der Waals surface area (Å²) >= 11 is 0. The maximum Gasteiger partial charge on any atom is -0.0206 e. The third-order valence-corrected chi connectivity index (χ3v) is 3.59. The van der Waals surface area contributed by atoms with Crippen LogP contribution in [0, 0.1) is 5.92 Å². The second kappa shape index (κ2) is 11.2. The summed E-state index contributed by atoms with van der Waals surface area (Å²) in [5.74, 6) is 0.813. The Hall–Kier alpha value is -0.260. The zero-order valence-electron chi connectivity index (χ0n) is 11.9. The van der Waals surface area contributed by atoms with E-state index in [0.717, 1.165) is 5.92 Å². The topological polar surface area (TPSA) is 0 Å². The van der Waals surface area contributed by atoms with E-state index < -0.39 is 0 Å². The van der Waals surface area contributed by atoms with E-state index >= 15 is 0 Å². The van der Waals surface area contributed by atoms with E-state index in [1.807, 2.05) is 0 Å². The van der Waals surface area contributed by atoms with Crippen LogP contribution in [0.1, 0.15) is 85.0 Å². The van der Waals surface area contributed by atoms with Crippen molar-refractivity contribution in [2.24, 2.45) is 5.92 Å². The predicted molar refractivity (Wildman–Crippen MR) is 75.8 cm³/mol.